The lowest BCUT2D eigenvalue weighted by Gasteiger charge is -2.14. The first-order valence-corrected chi connectivity index (χ1v) is 7.61. The number of aliphatic hydroxyl groups is 1. The van der Waals surface area contributed by atoms with Crippen LogP contribution in [0.5, 0.6) is 0 Å². The van der Waals surface area contributed by atoms with Crippen LogP contribution in [0.2, 0.25) is 0 Å². The van der Waals surface area contributed by atoms with Crippen LogP contribution < -0.4 is 5.32 Å². The molecule has 0 saturated heterocycles. The molecular formula is C18H18N4O2. The lowest BCUT2D eigenvalue weighted by molar-refractivity contribution is 0.0915. The van der Waals surface area contributed by atoms with Crippen molar-refractivity contribution in [2.45, 2.75) is 13.0 Å². The second kappa shape index (κ2) is 7.06. The number of rotatable bonds is 5. The summed E-state index contributed by atoms with van der Waals surface area (Å²) in [5.74, 6) is 0.413. The van der Waals surface area contributed by atoms with Crippen molar-refractivity contribution in [2.75, 3.05) is 6.54 Å². The van der Waals surface area contributed by atoms with Gasteiger partial charge in [0.25, 0.3) is 5.91 Å². The van der Waals surface area contributed by atoms with Gasteiger partial charge in [-0.2, -0.15) is 0 Å². The van der Waals surface area contributed by atoms with Crippen molar-refractivity contribution in [3.8, 4) is 5.82 Å². The second-order valence-corrected chi connectivity index (χ2v) is 5.46. The quantitative estimate of drug-likeness (QED) is 0.753. The van der Waals surface area contributed by atoms with Gasteiger partial charge in [-0.3, -0.25) is 9.36 Å². The highest BCUT2D eigenvalue weighted by atomic mass is 16.3. The van der Waals surface area contributed by atoms with Gasteiger partial charge in [-0.05, 0) is 30.2 Å². The molecule has 2 heterocycles. The molecule has 0 aliphatic rings. The molecule has 1 amide bonds. The standard InChI is InChI=1S/C18H18N4O2/c1-13-4-2-3-5-15(13)16(23)11-21-18(24)14-6-7-17(20-10-14)22-9-8-19-12-22/h2-10,12,16,23H,11H2,1H3,(H,21,24). The number of nitrogens with one attached hydrogen (secondary N) is 1. The highest BCUT2D eigenvalue weighted by Crippen LogP contribution is 2.16. The van der Waals surface area contributed by atoms with Gasteiger partial charge in [0.05, 0.1) is 11.7 Å². The predicted octanol–water partition coefficient (Wildman–Crippen LogP) is 2.04. The first-order valence-electron chi connectivity index (χ1n) is 7.61. The summed E-state index contributed by atoms with van der Waals surface area (Å²) in [5.41, 5.74) is 2.24. The molecule has 0 bridgehead atoms. The molecule has 24 heavy (non-hydrogen) atoms. The Labute approximate surface area is 139 Å². The minimum Gasteiger partial charge on any atom is -0.387 e. The third-order valence-corrected chi connectivity index (χ3v) is 3.78. The molecule has 1 unspecified atom stereocenters. The number of hydrogen-bond acceptors (Lipinski definition) is 4. The SMILES string of the molecule is Cc1ccccc1C(O)CNC(=O)c1ccc(-n2ccnc2)nc1. The van der Waals surface area contributed by atoms with E-state index in [1.807, 2.05) is 31.2 Å². The zero-order valence-electron chi connectivity index (χ0n) is 13.3. The molecule has 6 heteroatoms. The number of aryl methyl sites for hydroxylation is 1. The van der Waals surface area contributed by atoms with Gasteiger partial charge in [-0.1, -0.05) is 24.3 Å². The number of pyridine rings is 1. The van der Waals surface area contributed by atoms with Crippen LogP contribution in [0.15, 0.2) is 61.3 Å². The highest BCUT2D eigenvalue weighted by molar-refractivity contribution is 5.93. The highest BCUT2D eigenvalue weighted by Gasteiger charge is 2.13. The Morgan fingerprint density at radius 3 is 2.79 bits per heavy atom. The molecule has 122 valence electrons. The van der Waals surface area contributed by atoms with Gasteiger partial charge < -0.3 is 10.4 Å². The Kier molecular flexibility index (Phi) is 4.67. The van der Waals surface area contributed by atoms with Crippen LogP contribution in [0.3, 0.4) is 0 Å². The fourth-order valence-electron chi connectivity index (χ4n) is 2.43. The van der Waals surface area contributed by atoms with E-state index in [1.54, 1.807) is 35.4 Å². The van der Waals surface area contributed by atoms with Crippen LogP contribution in [-0.4, -0.2) is 32.1 Å². The molecule has 3 rings (SSSR count). The van der Waals surface area contributed by atoms with Gasteiger partial charge in [-0.15, -0.1) is 0 Å². The first-order chi connectivity index (χ1) is 11.6. The third kappa shape index (κ3) is 3.49. The summed E-state index contributed by atoms with van der Waals surface area (Å²) in [6, 6.07) is 11.0. The lowest BCUT2D eigenvalue weighted by atomic mass is 10.0. The molecule has 1 aromatic carbocycles. The van der Waals surface area contributed by atoms with E-state index < -0.39 is 6.10 Å². The number of hydrogen-bond donors (Lipinski definition) is 2. The van der Waals surface area contributed by atoms with E-state index in [1.165, 1.54) is 6.20 Å². The van der Waals surface area contributed by atoms with Gasteiger partial charge in [0.1, 0.15) is 12.1 Å². The monoisotopic (exact) mass is 322 g/mol. The summed E-state index contributed by atoms with van der Waals surface area (Å²) in [6.45, 7) is 2.08. The van der Waals surface area contributed by atoms with Gasteiger partial charge in [0.2, 0.25) is 0 Å². The zero-order valence-corrected chi connectivity index (χ0v) is 13.3. The van der Waals surface area contributed by atoms with E-state index >= 15 is 0 Å². The van der Waals surface area contributed by atoms with E-state index in [-0.39, 0.29) is 12.5 Å². The van der Waals surface area contributed by atoms with Gasteiger partial charge in [0, 0.05) is 25.1 Å². The second-order valence-electron chi connectivity index (χ2n) is 5.46. The summed E-state index contributed by atoms with van der Waals surface area (Å²) in [7, 11) is 0. The summed E-state index contributed by atoms with van der Waals surface area (Å²) >= 11 is 0. The lowest BCUT2D eigenvalue weighted by Crippen LogP contribution is -2.28. The molecule has 0 spiro atoms. The Morgan fingerprint density at radius 1 is 1.29 bits per heavy atom. The van der Waals surface area contributed by atoms with Crippen LogP contribution in [-0.2, 0) is 0 Å². The number of aromatic nitrogens is 3. The van der Waals surface area contributed by atoms with Crippen LogP contribution >= 0.6 is 0 Å². The van der Waals surface area contributed by atoms with Gasteiger partial charge in [0.15, 0.2) is 0 Å². The number of carbonyl (C=O) groups is 1. The Hall–Kier alpha value is -2.99. The molecule has 0 fully saturated rings. The average molecular weight is 322 g/mol. The number of amides is 1. The average Bonchev–Trinajstić information content (AvgIpc) is 3.14. The summed E-state index contributed by atoms with van der Waals surface area (Å²) in [6.07, 6.45) is 5.84. The Bertz CT molecular complexity index is 813. The maximum Gasteiger partial charge on any atom is 0.252 e. The van der Waals surface area contributed by atoms with Crippen molar-refractivity contribution in [2.24, 2.45) is 0 Å². The predicted molar refractivity (Wildman–Crippen MR) is 89.8 cm³/mol. The van der Waals surface area contributed by atoms with E-state index in [4.69, 9.17) is 0 Å². The molecule has 6 nitrogen and oxygen atoms in total. The largest absolute Gasteiger partial charge is 0.387 e. The first kappa shape index (κ1) is 15.9. The van der Waals surface area contributed by atoms with Crippen molar-refractivity contribution in [1.29, 1.82) is 0 Å². The smallest absolute Gasteiger partial charge is 0.252 e. The van der Waals surface area contributed by atoms with Crippen LogP contribution in [0.4, 0.5) is 0 Å². The fraction of sp³-hybridized carbons (Fsp3) is 0.167. The molecule has 0 saturated carbocycles. The Morgan fingerprint density at radius 2 is 2.12 bits per heavy atom. The maximum atomic E-state index is 12.2. The van der Waals surface area contributed by atoms with E-state index in [2.05, 4.69) is 15.3 Å². The summed E-state index contributed by atoms with van der Waals surface area (Å²) < 4.78 is 1.75. The Balaban J connectivity index is 1.62. The number of benzene rings is 1. The third-order valence-electron chi connectivity index (χ3n) is 3.78. The normalized spacial score (nSPS) is 11.9. The fourth-order valence-corrected chi connectivity index (χ4v) is 2.43. The minimum absolute atomic E-state index is 0.146. The summed E-state index contributed by atoms with van der Waals surface area (Å²) in [4.78, 5) is 20.4. The zero-order chi connectivity index (χ0) is 16.9. The molecular weight excluding hydrogens is 304 g/mol. The maximum absolute atomic E-state index is 12.2. The van der Waals surface area contributed by atoms with Gasteiger partial charge in [-0.25, -0.2) is 9.97 Å². The van der Waals surface area contributed by atoms with E-state index in [9.17, 15) is 9.90 Å². The molecule has 0 aliphatic heterocycles. The van der Waals surface area contributed by atoms with Crippen LogP contribution in [0.25, 0.3) is 5.82 Å². The molecule has 0 radical (unpaired) electrons. The van der Waals surface area contributed by atoms with Crippen LogP contribution in [0.1, 0.15) is 27.6 Å². The molecule has 2 aromatic heterocycles. The van der Waals surface area contributed by atoms with Crippen LogP contribution in [0, 0.1) is 6.92 Å². The topological polar surface area (TPSA) is 80.0 Å². The molecule has 0 aliphatic carbocycles. The van der Waals surface area contributed by atoms with E-state index in [0.29, 0.717) is 11.4 Å². The number of nitrogens with zero attached hydrogens (tertiary/aromatic N) is 3. The molecule has 1 atom stereocenters. The number of carbonyl (C=O) groups excluding carboxylic acids is 1. The number of imidazole rings is 1. The number of aliphatic hydroxyl groups excluding tert-OH is 1. The van der Waals surface area contributed by atoms with Crippen molar-refractivity contribution in [3.05, 3.63) is 78.0 Å². The summed E-state index contributed by atoms with van der Waals surface area (Å²) in [5, 5.41) is 13.0. The molecule has 2 N–H and O–H groups in total. The van der Waals surface area contributed by atoms with Crippen molar-refractivity contribution >= 4 is 5.91 Å². The van der Waals surface area contributed by atoms with Crippen molar-refractivity contribution in [1.82, 2.24) is 19.9 Å². The van der Waals surface area contributed by atoms with E-state index in [0.717, 1.165) is 11.1 Å². The minimum atomic E-state index is -0.742. The van der Waals surface area contributed by atoms with Crippen molar-refractivity contribution < 1.29 is 9.90 Å². The molecule has 3 aromatic rings. The van der Waals surface area contributed by atoms with Crippen molar-refractivity contribution in [3.63, 3.8) is 0 Å². The van der Waals surface area contributed by atoms with Gasteiger partial charge >= 0.3 is 0 Å².